The summed E-state index contributed by atoms with van der Waals surface area (Å²) in [4.78, 5) is 13.7. The summed E-state index contributed by atoms with van der Waals surface area (Å²) in [6.45, 7) is 2.35. The smallest absolute Gasteiger partial charge is 0.254 e. The Hall–Kier alpha value is -2.23. The van der Waals surface area contributed by atoms with Gasteiger partial charge in [0.25, 0.3) is 5.91 Å². The van der Waals surface area contributed by atoms with Crippen LogP contribution in [0.1, 0.15) is 21.7 Å². The van der Waals surface area contributed by atoms with Gasteiger partial charge in [0, 0.05) is 24.7 Å². The van der Waals surface area contributed by atoms with Crippen molar-refractivity contribution in [3.05, 3.63) is 53.5 Å². The number of hydrogen-bond acceptors (Lipinski definition) is 3. The summed E-state index contributed by atoms with van der Waals surface area (Å²) >= 11 is 0. The second-order valence-electron chi connectivity index (χ2n) is 4.21. The van der Waals surface area contributed by atoms with Crippen molar-refractivity contribution in [3.8, 4) is 5.75 Å². The number of phenols is 1. The zero-order valence-electron chi connectivity index (χ0n) is 10.4. The van der Waals surface area contributed by atoms with Crippen LogP contribution in [0.15, 0.2) is 41.0 Å². The van der Waals surface area contributed by atoms with Gasteiger partial charge in [-0.2, -0.15) is 0 Å². The Morgan fingerprint density at radius 1 is 1.39 bits per heavy atom. The van der Waals surface area contributed by atoms with E-state index in [2.05, 4.69) is 0 Å². The number of benzene rings is 1. The van der Waals surface area contributed by atoms with Gasteiger partial charge in [-0.1, -0.05) is 6.07 Å². The highest BCUT2D eigenvalue weighted by Crippen LogP contribution is 2.15. The summed E-state index contributed by atoms with van der Waals surface area (Å²) in [6, 6.07) is 8.18. The van der Waals surface area contributed by atoms with Gasteiger partial charge in [-0.15, -0.1) is 0 Å². The van der Waals surface area contributed by atoms with Gasteiger partial charge in [-0.25, -0.2) is 0 Å². The van der Waals surface area contributed by atoms with E-state index in [-0.39, 0.29) is 11.7 Å². The predicted octanol–water partition coefficient (Wildman–Crippen LogP) is 2.57. The first-order valence-electron chi connectivity index (χ1n) is 5.65. The zero-order chi connectivity index (χ0) is 13.1. The van der Waals surface area contributed by atoms with Crippen LogP contribution in [0.4, 0.5) is 0 Å². The number of amides is 1. The van der Waals surface area contributed by atoms with E-state index in [0.29, 0.717) is 12.1 Å². The van der Waals surface area contributed by atoms with Gasteiger partial charge in [-0.3, -0.25) is 4.79 Å². The van der Waals surface area contributed by atoms with Crippen LogP contribution in [0.25, 0.3) is 0 Å². The molecule has 0 unspecified atom stereocenters. The minimum Gasteiger partial charge on any atom is -0.508 e. The second-order valence-corrected chi connectivity index (χ2v) is 4.21. The van der Waals surface area contributed by atoms with E-state index in [9.17, 15) is 9.90 Å². The molecule has 0 saturated carbocycles. The van der Waals surface area contributed by atoms with Gasteiger partial charge in [0.05, 0.1) is 6.26 Å². The molecule has 18 heavy (non-hydrogen) atoms. The molecule has 2 rings (SSSR count). The minimum absolute atomic E-state index is 0.0914. The van der Waals surface area contributed by atoms with Crippen molar-refractivity contribution >= 4 is 5.91 Å². The Bertz CT molecular complexity index is 560. The molecule has 1 amide bonds. The van der Waals surface area contributed by atoms with Gasteiger partial charge < -0.3 is 14.4 Å². The van der Waals surface area contributed by atoms with Crippen LogP contribution >= 0.6 is 0 Å². The minimum atomic E-state index is -0.133. The number of nitrogens with zero attached hydrogens (tertiary/aromatic N) is 1. The van der Waals surface area contributed by atoms with Gasteiger partial charge in [0.15, 0.2) is 0 Å². The lowest BCUT2D eigenvalue weighted by Crippen LogP contribution is -2.26. The molecule has 1 heterocycles. The molecule has 2 aromatic rings. The second kappa shape index (κ2) is 4.96. The first-order chi connectivity index (χ1) is 8.58. The molecule has 1 aromatic heterocycles. The van der Waals surface area contributed by atoms with E-state index in [1.54, 1.807) is 30.3 Å². The van der Waals surface area contributed by atoms with Crippen LogP contribution in [0.3, 0.4) is 0 Å². The number of phenolic OH excluding ortho intramolecular Hbond substituents is 1. The van der Waals surface area contributed by atoms with Crippen LogP contribution in [0.5, 0.6) is 5.75 Å². The van der Waals surface area contributed by atoms with E-state index in [4.69, 9.17) is 4.42 Å². The highest BCUT2D eigenvalue weighted by atomic mass is 16.3. The molecule has 0 fully saturated rings. The summed E-state index contributed by atoms with van der Waals surface area (Å²) in [5, 5.41) is 9.36. The SMILES string of the molecule is Cc1occc1CN(C)C(=O)c1cccc(O)c1. The largest absolute Gasteiger partial charge is 0.508 e. The van der Waals surface area contributed by atoms with Gasteiger partial charge in [-0.05, 0) is 31.2 Å². The van der Waals surface area contributed by atoms with E-state index in [1.807, 2.05) is 13.0 Å². The highest BCUT2D eigenvalue weighted by molar-refractivity contribution is 5.94. The third-order valence-electron chi connectivity index (χ3n) is 2.81. The van der Waals surface area contributed by atoms with Crippen molar-refractivity contribution in [1.82, 2.24) is 4.90 Å². The first kappa shape index (κ1) is 12.2. The molecule has 0 atom stereocenters. The standard InChI is InChI=1S/C14H15NO3/c1-10-12(6-7-18-10)9-15(2)14(17)11-4-3-5-13(16)8-11/h3-8,16H,9H2,1-2H3. The summed E-state index contributed by atoms with van der Waals surface area (Å²) in [6.07, 6.45) is 1.61. The Balaban J connectivity index is 2.12. The average Bonchev–Trinajstić information content (AvgIpc) is 2.74. The van der Waals surface area contributed by atoms with Crippen LogP contribution in [-0.2, 0) is 6.54 Å². The maximum atomic E-state index is 12.1. The molecule has 0 aliphatic carbocycles. The third kappa shape index (κ3) is 2.53. The third-order valence-corrected chi connectivity index (χ3v) is 2.81. The molecular weight excluding hydrogens is 230 g/mol. The van der Waals surface area contributed by atoms with Gasteiger partial charge in [0.2, 0.25) is 0 Å². The molecule has 4 heteroatoms. The maximum Gasteiger partial charge on any atom is 0.254 e. The Labute approximate surface area is 105 Å². The predicted molar refractivity (Wildman–Crippen MR) is 67.3 cm³/mol. The number of rotatable bonds is 3. The molecule has 94 valence electrons. The Morgan fingerprint density at radius 3 is 2.78 bits per heavy atom. The van der Waals surface area contributed by atoms with Crippen LogP contribution in [0, 0.1) is 6.92 Å². The van der Waals surface area contributed by atoms with Crippen LogP contribution < -0.4 is 0 Å². The van der Waals surface area contributed by atoms with Gasteiger partial charge in [0.1, 0.15) is 11.5 Å². The van der Waals surface area contributed by atoms with Crippen molar-refractivity contribution in [2.24, 2.45) is 0 Å². The molecule has 0 spiro atoms. The fourth-order valence-corrected chi connectivity index (χ4v) is 1.76. The number of furan rings is 1. The summed E-state index contributed by atoms with van der Waals surface area (Å²) in [5.74, 6) is 0.769. The van der Waals surface area contributed by atoms with Crippen molar-refractivity contribution in [2.45, 2.75) is 13.5 Å². The number of carbonyl (C=O) groups is 1. The number of aryl methyl sites for hydroxylation is 1. The van der Waals surface area contributed by atoms with E-state index < -0.39 is 0 Å². The van der Waals surface area contributed by atoms with E-state index >= 15 is 0 Å². The fraction of sp³-hybridized carbons (Fsp3) is 0.214. The highest BCUT2D eigenvalue weighted by Gasteiger charge is 2.14. The molecule has 0 aliphatic heterocycles. The first-order valence-corrected chi connectivity index (χ1v) is 5.65. The van der Waals surface area contributed by atoms with Crippen LogP contribution in [-0.4, -0.2) is 23.0 Å². The zero-order valence-corrected chi connectivity index (χ0v) is 10.4. The number of carbonyl (C=O) groups excluding carboxylic acids is 1. The van der Waals surface area contributed by atoms with E-state index in [0.717, 1.165) is 11.3 Å². The average molecular weight is 245 g/mol. The molecule has 0 radical (unpaired) electrons. The molecule has 0 saturated heterocycles. The number of hydrogen-bond donors (Lipinski definition) is 1. The summed E-state index contributed by atoms with van der Waals surface area (Å²) < 4.78 is 5.19. The van der Waals surface area contributed by atoms with Crippen molar-refractivity contribution in [1.29, 1.82) is 0 Å². The van der Waals surface area contributed by atoms with E-state index in [1.165, 1.54) is 12.1 Å². The lowest BCUT2D eigenvalue weighted by Gasteiger charge is -2.16. The van der Waals surface area contributed by atoms with Gasteiger partial charge >= 0.3 is 0 Å². The lowest BCUT2D eigenvalue weighted by atomic mass is 10.1. The molecule has 4 nitrogen and oxygen atoms in total. The molecule has 0 bridgehead atoms. The summed E-state index contributed by atoms with van der Waals surface area (Å²) in [5.41, 5.74) is 1.45. The topological polar surface area (TPSA) is 53.7 Å². The summed E-state index contributed by atoms with van der Waals surface area (Å²) in [7, 11) is 1.72. The fourth-order valence-electron chi connectivity index (χ4n) is 1.76. The maximum absolute atomic E-state index is 12.1. The quantitative estimate of drug-likeness (QED) is 0.904. The molecule has 0 aliphatic rings. The Morgan fingerprint density at radius 2 is 2.17 bits per heavy atom. The normalized spacial score (nSPS) is 10.3. The molecule has 1 N–H and O–H groups in total. The van der Waals surface area contributed by atoms with Crippen molar-refractivity contribution in [3.63, 3.8) is 0 Å². The molecular formula is C14H15NO3. The molecule has 1 aromatic carbocycles. The van der Waals surface area contributed by atoms with Crippen LogP contribution in [0.2, 0.25) is 0 Å². The number of aromatic hydroxyl groups is 1. The van der Waals surface area contributed by atoms with Crippen molar-refractivity contribution < 1.29 is 14.3 Å². The van der Waals surface area contributed by atoms with Crippen molar-refractivity contribution in [2.75, 3.05) is 7.05 Å². The monoisotopic (exact) mass is 245 g/mol. The lowest BCUT2D eigenvalue weighted by molar-refractivity contribution is 0.0784. The Kier molecular flexibility index (Phi) is 3.37.